The van der Waals surface area contributed by atoms with Crippen molar-refractivity contribution < 1.29 is 0 Å². The molecule has 1 nitrogen and oxygen atoms in total. The van der Waals surface area contributed by atoms with Crippen LogP contribution in [0.15, 0.2) is 0 Å². The Bertz CT molecular complexity index is 187. The summed E-state index contributed by atoms with van der Waals surface area (Å²) in [6, 6.07) is 1.47. The Kier molecular flexibility index (Phi) is 7.14. The van der Waals surface area contributed by atoms with Gasteiger partial charge in [0, 0.05) is 12.1 Å². The maximum absolute atomic E-state index is 3.05. The Morgan fingerprint density at radius 2 is 1.69 bits per heavy atom. The predicted molar refractivity (Wildman–Crippen MR) is 79.2 cm³/mol. The van der Waals surface area contributed by atoms with Crippen LogP contribution in [0.5, 0.6) is 0 Å². The van der Waals surface area contributed by atoms with Crippen LogP contribution in [0, 0.1) is 5.92 Å². The first kappa shape index (κ1) is 16.4. The summed E-state index contributed by atoms with van der Waals surface area (Å²) >= 11 is 0. The molecule has 1 heterocycles. The van der Waals surface area contributed by atoms with Gasteiger partial charge in [-0.15, -0.1) is 9.24 Å². The van der Waals surface area contributed by atoms with Crippen LogP contribution < -0.4 is 0 Å². The van der Waals surface area contributed by atoms with Gasteiger partial charge in [-0.05, 0) is 44.3 Å². The predicted octanol–water partition coefficient (Wildman–Crippen LogP) is 4.18. The first-order valence-electron chi connectivity index (χ1n) is 6.88. The minimum Gasteiger partial charge on any atom is -0.298 e. The normalized spacial score (nSPS) is 31.5. The number of hydrogen-bond acceptors (Lipinski definition) is 1. The van der Waals surface area contributed by atoms with E-state index in [4.69, 9.17) is 0 Å². The Hall–Kier alpha value is 0.390. The lowest BCUT2D eigenvalue weighted by molar-refractivity contribution is 0.0669. The summed E-state index contributed by atoms with van der Waals surface area (Å²) in [7, 11) is 3.05. The van der Waals surface area contributed by atoms with Crippen molar-refractivity contribution in [2.75, 3.05) is 6.54 Å². The summed E-state index contributed by atoms with van der Waals surface area (Å²) in [5.41, 5.74) is 0. The lowest BCUT2D eigenvalue weighted by atomic mass is 9.85. The molecule has 0 radical (unpaired) electrons. The van der Waals surface area contributed by atoms with E-state index in [-0.39, 0.29) is 0 Å². The van der Waals surface area contributed by atoms with E-state index in [0.717, 1.165) is 12.0 Å². The topological polar surface area (TPSA) is 3.24 Å². The molecule has 0 saturated carbocycles. The summed E-state index contributed by atoms with van der Waals surface area (Å²) in [6.07, 6.45) is 2.65. The maximum atomic E-state index is 3.05. The molecule has 1 fully saturated rings. The molecule has 0 aliphatic carbocycles. The van der Waals surface area contributed by atoms with E-state index in [0.29, 0.717) is 11.2 Å². The highest BCUT2D eigenvalue weighted by molar-refractivity contribution is 7.18. The first-order valence-corrected chi connectivity index (χ1v) is 7.46. The van der Waals surface area contributed by atoms with Crippen LogP contribution in [0.1, 0.15) is 61.3 Å². The molecule has 0 aromatic rings. The molecule has 0 spiro atoms. The summed E-state index contributed by atoms with van der Waals surface area (Å²) in [5.74, 6) is 0.776. The minimum atomic E-state index is 0.473. The van der Waals surface area contributed by atoms with Crippen molar-refractivity contribution in [3.63, 3.8) is 0 Å². The molecule has 98 valence electrons. The monoisotopic (exact) mass is 245 g/mol. The van der Waals surface area contributed by atoms with Crippen molar-refractivity contribution >= 4 is 9.24 Å². The number of hydrogen-bond donors (Lipinski definition) is 0. The van der Waals surface area contributed by atoms with Crippen molar-refractivity contribution in [3.8, 4) is 0 Å². The van der Waals surface area contributed by atoms with E-state index in [1.807, 2.05) is 13.8 Å². The smallest absolute Gasteiger partial charge is 0.0129 e. The highest BCUT2D eigenvalue weighted by atomic mass is 31.0. The van der Waals surface area contributed by atoms with E-state index in [2.05, 4.69) is 48.8 Å². The van der Waals surface area contributed by atoms with Crippen LogP contribution in [0.25, 0.3) is 0 Å². The zero-order valence-electron chi connectivity index (χ0n) is 12.4. The van der Waals surface area contributed by atoms with Crippen LogP contribution in [0.3, 0.4) is 0 Å². The number of piperidine rings is 1. The van der Waals surface area contributed by atoms with Crippen LogP contribution in [0.4, 0.5) is 0 Å². The molecule has 1 rings (SSSR count). The van der Waals surface area contributed by atoms with Gasteiger partial charge in [-0.25, -0.2) is 0 Å². The third-order valence-electron chi connectivity index (χ3n) is 3.48. The molecule has 0 aromatic heterocycles. The van der Waals surface area contributed by atoms with E-state index in [9.17, 15) is 0 Å². The van der Waals surface area contributed by atoms with E-state index in [1.54, 1.807) is 0 Å². The Labute approximate surface area is 106 Å². The lowest BCUT2D eigenvalue weighted by Crippen LogP contribution is -2.51. The third-order valence-corrected chi connectivity index (χ3v) is 4.00. The Morgan fingerprint density at radius 3 is 2.06 bits per heavy atom. The highest BCUT2D eigenvalue weighted by Crippen LogP contribution is 2.37. The van der Waals surface area contributed by atoms with Gasteiger partial charge in [0.2, 0.25) is 0 Å². The molecule has 3 atom stereocenters. The fourth-order valence-electron chi connectivity index (χ4n) is 2.51. The van der Waals surface area contributed by atoms with Crippen molar-refractivity contribution in [2.24, 2.45) is 5.92 Å². The summed E-state index contributed by atoms with van der Waals surface area (Å²) < 4.78 is 0. The van der Waals surface area contributed by atoms with Crippen molar-refractivity contribution in [1.82, 2.24) is 4.90 Å². The molecule has 0 aromatic carbocycles. The van der Waals surface area contributed by atoms with E-state index in [1.165, 1.54) is 19.4 Å². The van der Waals surface area contributed by atoms with Crippen molar-refractivity contribution in [1.29, 1.82) is 0 Å². The van der Waals surface area contributed by atoms with Gasteiger partial charge in [-0.1, -0.05) is 34.6 Å². The quantitative estimate of drug-likeness (QED) is 0.660. The van der Waals surface area contributed by atoms with Crippen LogP contribution in [-0.2, 0) is 0 Å². The summed E-state index contributed by atoms with van der Waals surface area (Å²) in [4.78, 5) is 2.68. The average Bonchev–Trinajstić information content (AvgIpc) is 2.18. The third kappa shape index (κ3) is 4.72. The molecule has 3 unspecified atom stereocenters. The van der Waals surface area contributed by atoms with Gasteiger partial charge in [-0.3, -0.25) is 4.90 Å². The maximum Gasteiger partial charge on any atom is 0.0129 e. The molecule has 0 bridgehead atoms. The minimum absolute atomic E-state index is 0.473. The molecular weight excluding hydrogens is 213 g/mol. The standard InChI is InChI=1S/C12H26NP.C2H6/c1-9(2)11-8-12(5,14)6-7-13(11)10(3)4;1-2/h9-11H,6-8,14H2,1-5H3;1-2H3. The van der Waals surface area contributed by atoms with Crippen LogP contribution in [0.2, 0.25) is 0 Å². The van der Waals surface area contributed by atoms with Gasteiger partial charge in [0.1, 0.15) is 0 Å². The van der Waals surface area contributed by atoms with Crippen molar-refractivity contribution in [2.45, 2.75) is 78.5 Å². The molecular formula is C14H32NP. The summed E-state index contributed by atoms with van der Waals surface area (Å²) in [5, 5.41) is 0.473. The number of likely N-dealkylation sites (tertiary alicyclic amines) is 1. The lowest BCUT2D eigenvalue weighted by Gasteiger charge is -2.47. The number of nitrogens with zero attached hydrogens (tertiary/aromatic N) is 1. The molecule has 0 amide bonds. The SMILES string of the molecule is CC.CC(C)C1CC(C)(P)CCN1C(C)C. The van der Waals surface area contributed by atoms with Crippen LogP contribution in [-0.4, -0.2) is 28.7 Å². The zero-order valence-corrected chi connectivity index (χ0v) is 13.5. The molecule has 2 heteroatoms. The van der Waals surface area contributed by atoms with Gasteiger partial charge in [-0.2, -0.15) is 0 Å². The molecule has 0 N–H and O–H groups in total. The molecule has 1 saturated heterocycles. The Balaban J connectivity index is 0.00000106. The van der Waals surface area contributed by atoms with Gasteiger partial charge >= 0.3 is 0 Å². The zero-order chi connectivity index (χ0) is 12.9. The second-order valence-electron chi connectivity index (χ2n) is 5.75. The average molecular weight is 245 g/mol. The highest BCUT2D eigenvalue weighted by Gasteiger charge is 2.35. The van der Waals surface area contributed by atoms with Gasteiger partial charge < -0.3 is 0 Å². The molecule has 16 heavy (non-hydrogen) atoms. The Morgan fingerprint density at radius 1 is 1.19 bits per heavy atom. The largest absolute Gasteiger partial charge is 0.298 e. The van der Waals surface area contributed by atoms with Gasteiger partial charge in [0.15, 0.2) is 0 Å². The molecule has 1 aliphatic rings. The fourth-order valence-corrected chi connectivity index (χ4v) is 2.88. The first-order chi connectivity index (χ1) is 7.33. The molecule has 1 aliphatic heterocycles. The number of rotatable bonds is 2. The van der Waals surface area contributed by atoms with E-state index < -0.39 is 0 Å². The van der Waals surface area contributed by atoms with Gasteiger partial charge in [0.05, 0.1) is 0 Å². The second kappa shape index (κ2) is 6.97. The second-order valence-corrected chi connectivity index (χ2v) is 7.14. The van der Waals surface area contributed by atoms with Gasteiger partial charge in [0.25, 0.3) is 0 Å². The fraction of sp³-hybridized carbons (Fsp3) is 1.00. The van der Waals surface area contributed by atoms with Crippen molar-refractivity contribution in [3.05, 3.63) is 0 Å². The van der Waals surface area contributed by atoms with Crippen LogP contribution >= 0.6 is 9.24 Å². The summed E-state index contributed by atoms with van der Waals surface area (Å²) in [6.45, 7) is 17.0. The van der Waals surface area contributed by atoms with E-state index >= 15 is 0 Å².